The third kappa shape index (κ3) is 2.39. The summed E-state index contributed by atoms with van der Waals surface area (Å²) in [6.07, 6.45) is 0. The van der Waals surface area contributed by atoms with Crippen molar-refractivity contribution in [2.75, 3.05) is 13.1 Å². The first kappa shape index (κ1) is 11.1. The highest BCUT2D eigenvalue weighted by atomic mass is 79.9. The lowest BCUT2D eigenvalue weighted by atomic mass is 10.0. The zero-order valence-electron chi connectivity index (χ0n) is 7.87. The summed E-state index contributed by atoms with van der Waals surface area (Å²) in [4.78, 5) is 12.1. The Hall–Kier alpha value is -0.430. The first-order chi connectivity index (χ1) is 7.18. The Labute approximate surface area is 99.8 Å². The highest BCUT2D eigenvalue weighted by Gasteiger charge is 2.32. The Balaban J connectivity index is 2.21. The van der Waals surface area contributed by atoms with Crippen LogP contribution in [-0.4, -0.2) is 30.2 Å². The number of thiophene rings is 1. The van der Waals surface area contributed by atoms with Crippen molar-refractivity contribution in [2.24, 2.45) is 0 Å². The van der Waals surface area contributed by atoms with E-state index in [0.29, 0.717) is 6.54 Å². The van der Waals surface area contributed by atoms with Gasteiger partial charge in [0.2, 0.25) is 0 Å². The van der Waals surface area contributed by atoms with Gasteiger partial charge in [-0.1, -0.05) is 0 Å². The maximum Gasteiger partial charge on any atom is 0.322 e. The van der Waals surface area contributed by atoms with Gasteiger partial charge in [-0.2, -0.15) is 0 Å². The number of piperazine rings is 1. The van der Waals surface area contributed by atoms with Gasteiger partial charge in [0, 0.05) is 27.8 Å². The molecule has 0 aromatic carbocycles. The number of nitrogens with one attached hydrogen (secondary N) is 2. The van der Waals surface area contributed by atoms with Crippen molar-refractivity contribution in [3.8, 4) is 0 Å². The van der Waals surface area contributed by atoms with Crippen molar-refractivity contribution in [2.45, 2.75) is 12.1 Å². The van der Waals surface area contributed by atoms with Crippen molar-refractivity contribution < 1.29 is 9.90 Å². The van der Waals surface area contributed by atoms with Crippen LogP contribution in [0.3, 0.4) is 0 Å². The quantitative estimate of drug-likeness (QED) is 0.766. The van der Waals surface area contributed by atoms with Crippen LogP contribution in [0.15, 0.2) is 15.9 Å². The van der Waals surface area contributed by atoms with E-state index in [1.165, 1.54) is 0 Å². The fourth-order valence-electron chi connectivity index (χ4n) is 1.68. The van der Waals surface area contributed by atoms with E-state index in [4.69, 9.17) is 5.11 Å². The molecule has 0 bridgehead atoms. The molecular formula is C9H11BrN2O2S. The molecule has 4 nitrogen and oxygen atoms in total. The van der Waals surface area contributed by atoms with Gasteiger partial charge in [-0.25, -0.2) is 0 Å². The van der Waals surface area contributed by atoms with E-state index in [1.54, 1.807) is 11.3 Å². The number of carboxylic acids is 1. The number of hydrogen-bond acceptors (Lipinski definition) is 4. The minimum absolute atomic E-state index is 0.132. The van der Waals surface area contributed by atoms with Crippen LogP contribution in [0.25, 0.3) is 0 Å². The molecule has 0 aliphatic carbocycles. The van der Waals surface area contributed by atoms with Crippen molar-refractivity contribution in [3.63, 3.8) is 0 Å². The van der Waals surface area contributed by atoms with Crippen molar-refractivity contribution in [1.82, 2.24) is 10.6 Å². The Morgan fingerprint density at radius 2 is 2.27 bits per heavy atom. The summed E-state index contributed by atoms with van der Waals surface area (Å²) >= 11 is 4.94. The standard InChI is InChI=1S/C9H11BrN2O2S/c10-5-3-6(15-4-5)7-8(9(13)14)12-2-1-11-7/h3-4,7-8,11-12H,1-2H2,(H,13,14). The van der Waals surface area contributed by atoms with Gasteiger partial charge in [0.25, 0.3) is 0 Å². The molecule has 2 atom stereocenters. The van der Waals surface area contributed by atoms with E-state index < -0.39 is 12.0 Å². The molecule has 2 unspecified atom stereocenters. The van der Waals surface area contributed by atoms with Crippen molar-refractivity contribution in [3.05, 3.63) is 20.8 Å². The van der Waals surface area contributed by atoms with Gasteiger partial charge in [0.1, 0.15) is 6.04 Å². The molecule has 6 heteroatoms. The molecule has 2 rings (SSSR count). The predicted octanol–water partition coefficient (Wildman–Crippen LogP) is 1.20. The van der Waals surface area contributed by atoms with Crippen LogP contribution in [-0.2, 0) is 4.79 Å². The monoisotopic (exact) mass is 290 g/mol. The van der Waals surface area contributed by atoms with Crippen LogP contribution in [0.5, 0.6) is 0 Å². The topological polar surface area (TPSA) is 61.4 Å². The average molecular weight is 291 g/mol. The van der Waals surface area contributed by atoms with Gasteiger partial charge < -0.3 is 15.7 Å². The summed E-state index contributed by atoms with van der Waals surface area (Å²) in [6, 6.07) is 1.29. The third-order valence-electron chi connectivity index (χ3n) is 2.35. The second-order valence-electron chi connectivity index (χ2n) is 3.37. The first-order valence-electron chi connectivity index (χ1n) is 4.62. The Morgan fingerprint density at radius 1 is 1.53 bits per heavy atom. The lowest BCUT2D eigenvalue weighted by Crippen LogP contribution is -2.54. The highest BCUT2D eigenvalue weighted by molar-refractivity contribution is 9.10. The lowest BCUT2D eigenvalue weighted by Gasteiger charge is -2.30. The molecular weight excluding hydrogens is 280 g/mol. The summed E-state index contributed by atoms with van der Waals surface area (Å²) in [5.41, 5.74) is 0. The van der Waals surface area contributed by atoms with Crippen LogP contribution < -0.4 is 10.6 Å². The summed E-state index contributed by atoms with van der Waals surface area (Å²) in [5.74, 6) is -0.809. The van der Waals surface area contributed by atoms with E-state index >= 15 is 0 Å². The molecule has 1 aromatic heterocycles. The molecule has 15 heavy (non-hydrogen) atoms. The molecule has 3 N–H and O–H groups in total. The van der Waals surface area contributed by atoms with Crippen molar-refractivity contribution >= 4 is 33.2 Å². The highest BCUT2D eigenvalue weighted by Crippen LogP contribution is 2.28. The minimum atomic E-state index is -0.809. The van der Waals surface area contributed by atoms with E-state index in [-0.39, 0.29) is 6.04 Å². The largest absolute Gasteiger partial charge is 0.480 e. The van der Waals surface area contributed by atoms with Gasteiger partial charge >= 0.3 is 5.97 Å². The molecule has 0 amide bonds. The molecule has 0 saturated carbocycles. The summed E-state index contributed by atoms with van der Waals surface area (Å²) in [5, 5.41) is 17.3. The van der Waals surface area contributed by atoms with Gasteiger partial charge in [0.05, 0.1) is 6.04 Å². The molecule has 1 saturated heterocycles. The molecule has 82 valence electrons. The summed E-state index contributed by atoms with van der Waals surface area (Å²) < 4.78 is 0.999. The van der Waals surface area contributed by atoms with Crippen LogP contribution in [0.1, 0.15) is 10.9 Å². The Morgan fingerprint density at radius 3 is 2.87 bits per heavy atom. The average Bonchev–Trinajstić information content (AvgIpc) is 2.65. The van der Waals surface area contributed by atoms with Gasteiger partial charge in [0.15, 0.2) is 0 Å². The zero-order chi connectivity index (χ0) is 10.8. The van der Waals surface area contributed by atoms with E-state index in [2.05, 4.69) is 26.6 Å². The maximum absolute atomic E-state index is 11.0. The molecule has 1 fully saturated rings. The second kappa shape index (κ2) is 4.61. The fraction of sp³-hybridized carbons (Fsp3) is 0.444. The first-order valence-corrected chi connectivity index (χ1v) is 6.29. The summed E-state index contributed by atoms with van der Waals surface area (Å²) in [7, 11) is 0. The predicted molar refractivity (Wildman–Crippen MR) is 62.2 cm³/mol. The van der Waals surface area contributed by atoms with E-state index in [1.807, 2.05) is 11.4 Å². The normalized spacial score (nSPS) is 26.5. The van der Waals surface area contributed by atoms with Gasteiger partial charge in [-0.3, -0.25) is 4.79 Å². The van der Waals surface area contributed by atoms with Crippen LogP contribution >= 0.6 is 27.3 Å². The Kier molecular flexibility index (Phi) is 3.40. The number of hydrogen-bond donors (Lipinski definition) is 3. The number of carboxylic acid groups (broad SMARTS) is 1. The van der Waals surface area contributed by atoms with Gasteiger partial charge in [-0.15, -0.1) is 11.3 Å². The smallest absolute Gasteiger partial charge is 0.322 e. The number of aliphatic carboxylic acids is 1. The van der Waals surface area contributed by atoms with E-state index in [0.717, 1.165) is 15.9 Å². The third-order valence-corrected chi connectivity index (χ3v) is 4.12. The van der Waals surface area contributed by atoms with Gasteiger partial charge in [-0.05, 0) is 22.0 Å². The maximum atomic E-state index is 11.0. The second-order valence-corrected chi connectivity index (χ2v) is 5.23. The summed E-state index contributed by atoms with van der Waals surface area (Å²) in [6.45, 7) is 1.49. The zero-order valence-corrected chi connectivity index (χ0v) is 10.3. The van der Waals surface area contributed by atoms with Crippen LogP contribution in [0, 0.1) is 0 Å². The molecule has 0 spiro atoms. The molecule has 1 aliphatic rings. The number of halogens is 1. The SMILES string of the molecule is O=C(O)C1NCCNC1c1cc(Br)cs1. The van der Waals surface area contributed by atoms with Crippen LogP contribution in [0.2, 0.25) is 0 Å². The molecule has 2 heterocycles. The minimum Gasteiger partial charge on any atom is -0.480 e. The number of rotatable bonds is 2. The molecule has 1 aromatic rings. The van der Waals surface area contributed by atoms with Crippen molar-refractivity contribution in [1.29, 1.82) is 0 Å². The Bertz CT molecular complexity index is 369. The molecule has 0 radical (unpaired) electrons. The fourth-order valence-corrected chi connectivity index (χ4v) is 3.23. The van der Waals surface area contributed by atoms with E-state index in [9.17, 15) is 4.79 Å². The number of carbonyl (C=O) groups is 1. The molecule has 1 aliphatic heterocycles. The lowest BCUT2D eigenvalue weighted by molar-refractivity contribution is -0.140. The van der Waals surface area contributed by atoms with Crippen LogP contribution in [0.4, 0.5) is 0 Å².